The van der Waals surface area contributed by atoms with Crippen molar-refractivity contribution in [1.82, 2.24) is 0 Å². The molecule has 1 aliphatic heterocycles. The van der Waals surface area contributed by atoms with Crippen LogP contribution in [-0.4, -0.2) is 17.6 Å². The number of benzene rings is 2. The Morgan fingerprint density at radius 3 is 2.42 bits per heavy atom. The first-order valence-electron chi connectivity index (χ1n) is 8.05. The summed E-state index contributed by atoms with van der Waals surface area (Å²) in [6, 6.07) is 16.0. The Hall–Kier alpha value is -2.65. The predicted octanol–water partition coefficient (Wildman–Crippen LogP) is 4.54. The molecule has 0 aromatic heterocycles. The van der Waals surface area contributed by atoms with Crippen LogP contribution >= 0.6 is 15.9 Å². The van der Waals surface area contributed by atoms with Crippen molar-refractivity contribution in [1.29, 1.82) is 5.26 Å². The Morgan fingerprint density at radius 2 is 1.85 bits per heavy atom. The number of rotatable bonds is 1. The van der Waals surface area contributed by atoms with Gasteiger partial charge in [0, 0.05) is 10.0 Å². The van der Waals surface area contributed by atoms with Gasteiger partial charge in [0.1, 0.15) is 5.60 Å². The highest BCUT2D eigenvalue weighted by molar-refractivity contribution is 9.10. The second-order valence-electron chi connectivity index (χ2n) is 7.01. The van der Waals surface area contributed by atoms with Crippen molar-refractivity contribution in [2.45, 2.75) is 31.8 Å². The van der Waals surface area contributed by atoms with Crippen LogP contribution in [0.1, 0.15) is 31.9 Å². The number of carbonyl (C=O) groups excluding carboxylic acids is 2. The van der Waals surface area contributed by atoms with Crippen LogP contribution in [0.3, 0.4) is 0 Å². The first-order chi connectivity index (χ1) is 12.2. The lowest BCUT2D eigenvalue weighted by atomic mass is 9.77. The standard InChI is InChI=1S/C20H17BrN2O3/c1-19(2,3)26-18(25)23-16-10-9-14(21)11-15(16)20(12-22,17(23)24)13-7-5-4-6-8-13/h4-11H,1-3H3/t20-/m1/s1. The maximum absolute atomic E-state index is 13.3. The number of anilines is 1. The van der Waals surface area contributed by atoms with Gasteiger partial charge in [0.2, 0.25) is 0 Å². The molecule has 26 heavy (non-hydrogen) atoms. The average Bonchev–Trinajstić information content (AvgIpc) is 2.82. The number of fused-ring (bicyclic) bond motifs is 1. The van der Waals surface area contributed by atoms with E-state index in [1.54, 1.807) is 63.2 Å². The molecule has 1 aliphatic rings. The summed E-state index contributed by atoms with van der Waals surface area (Å²) in [5, 5.41) is 10.0. The van der Waals surface area contributed by atoms with Crippen LogP contribution in [0.25, 0.3) is 0 Å². The summed E-state index contributed by atoms with van der Waals surface area (Å²) in [6.45, 7) is 5.17. The zero-order valence-electron chi connectivity index (χ0n) is 14.6. The van der Waals surface area contributed by atoms with E-state index in [-0.39, 0.29) is 0 Å². The van der Waals surface area contributed by atoms with Gasteiger partial charge in [-0.15, -0.1) is 0 Å². The van der Waals surface area contributed by atoms with Crippen LogP contribution < -0.4 is 4.90 Å². The normalized spacial score (nSPS) is 19.0. The Kier molecular flexibility index (Phi) is 4.37. The average molecular weight is 413 g/mol. The topological polar surface area (TPSA) is 70.4 Å². The maximum Gasteiger partial charge on any atom is 0.421 e. The third kappa shape index (κ3) is 2.78. The number of halogens is 1. The van der Waals surface area contributed by atoms with E-state index in [0.717, 1.165) is 4.90 Å². The summed E-state index contributed by atoms with van der Waals surface area (Å²) in [5.41, 5.74) is -1.04. The van der Waals surface area contributed by atoms with Gasteiger partial charge in [0.25, 0.3) is 5.91 Å². The minimum Gasteiger partial charge on any atom is -0.443 e. The summed E-state index contributed by atoms with van der Waals surface area (Å²) < 4.78 is 6.11. The molecule has 0 radical (unpaired) electrons. The molecule has 5 nitrogen and oxygen atoms in total. The Labute approximate surface area is 160 Å². The van der Waals surface area contributed by atoms with E-state index in [0.29, 0.717) is 21.3 Å². The van der Waals surface area contributed by atoms with Crippen LogP contribution in [0, 0.1) is 11.3 Å². The molecule has 0 saturated heterocycles. The predicted molar refractivity (Wildman–Crippen MR) is 101 cm³/mol. The highest BCUT2D eigenvalue weighted by Gasteiger charge is 2.55. The second kappa shape index (κ2) is 6.26. The van der Waals surface area contributed by atoms with E-state index in [9.17, 15) is 14.9 Å². The van der Waals surface area contributed by atoms with E-state index in [4.69, 9.17) is 4.74 Å². The molecule has 0 unspecified atom stereocenters. The molecule has 0 saturated carbocycles. The molecule has 1 atom stereocenters. The van der Waals surface area contributed by atoms with E-state index in [2.05, 4.69) is 22.0 Å². The lowest BCUT2D eigenvalue weighted by Crippen LogP contribution is -2.45. The number of nitrogens with zero attached hydrogens (tertiary/aromatic N) is 2. The molecule has 2 amide bonds. The van der Waals surface area contributed by atoms with Crippen LogP contribution in [0.4, 0.5) is 10.5 Å². The lowest BCUT2D eigenvalue weighted by molar-refractivity contribution is -0.120. The fourth-order valence-electron chi connectivity index (χ4n) is 3.02. The third-order valence-electron chi connectivity index (χ3n) is 4.08. The van der Waals surface area contributed by atoms with Crippen molar-refractivity contribution >= 4 is 33.6 Å². The van der Waals surface area contributed by atoms with Gasteiger partial charge in [-0.2, -0.15) is 5.26 Å². The summed E-state index contributed by atoms with van der Waals surface area (Å²) in [7, 11) is 0. The number of carbonyl (C=O) groups is 2. The van der Waals surface area contributed by atoms with Gasteiger partial charge in [-0.05, 0) is 44.5 Å². The molecule has 2 aromatic carbocycles. The Bertz CT molecular complexity index is 928. The highest BCUT2D eigenvalue weighted by atomic mass is 79.9. The molecule has 0 fully saturated rings. The lowest BCUT2D eigenvalue weighted by Gasteiger charge is -2.25. The van der Waals surface area contributed by atoms with Gasteiger partial charge in [-0.1, -0.05) is 46.3 Å². The summed E-state index contributed by atoms with van der Waals surface area (Å²) in [5.74, 6) is -0.631. The van der Waals surface area contributed by atoms with Crippen LogP contribution in [-0.2, 0) is 14.9 Å². The molecular formula is C20H17BrN2O3. The van der Waals surface area contributed by atoms with Gasteiger partial charge in [-0.3, -0.25) is 4.79 Å². The molecule has 0 bridgehead atoms. The minimum absolute atomic E-state index is 0.359. The molecule has 6 heteroatoms. The van der Waals surface area contributed by atoms with Gasteiger partial charge < -0.3 is 4.74 Å². The fourth-order valence-corrected chi connectivity index (χ4v) is 3.39. The number of imide groups is 1. The second-order valence-corrected chi connectivity index (χ2v) is 7.93. The van der Waals surface area contributed by atoms with Crippen molar-refractivity contribution in [3.05, 3.63) is 64.1 Å². The molecule has 1 heterocycles. The largest absolute Gasteiger partial charge is 0.443 e. The molecule has 0 N–H and O–H groups in total. The van der Waals surface area contributed by atoms with Crippen LogP contribution in [0.15, 0.2) is 53.0 Å². The SMILES string of the molecule is CC(C)(C)OC(=O)N1C(=O)[C@](C#N)(c2ccccc2)c2cc(Br)ccc21. The first kappa shape index (κ1) is 18.2. The van der Waals surface area contributed by atoms with Crippen molar-refractivity contribution in [3.8, 4) is 6.07 Å². The highest BCUT2D eigenvalue weighted by Crippen LogP contribution is 2.47. The Morgan fingerprint density at radius 1 is 1.19 bits per heavy atom. The summed E-state index contributed by atoms with van der Waals surface area (Å²) in [4.78, 5) is 27.0. The number of nitriles is 1. The van der Waals surface area contributed by atoms with Crippen molar-refractivity contribution in [3.63, 3.8) is 0 Å². The Balaban J connectivity index is 2.24. The van der Waals surface area contributed by atoms with E-state index in [1.165, 1.54) is 0 Å². The molecule has 3 rings (SSSR count). The quantitative estimate of drug-likeness (QED) is 0.688. The zero-order chi connectivity index (χ0) is 19.1. The van der Waals surface area contributed by atoms with Crippen LogP contribution in [0.2, 0.25) is 0 Å². The van der Waals surface area contributed by atoms with Crippen molar-refractivity contribution in [2.24, 2.45) is 0 Å². The van der Waals surface area contributed by atoms with Crippen molar-refractivity contribution < 1.29 is 14.3 Å². The zero-order valence-corrected chi connectivity index (χ0v) is 16.2. The monoisotopic (exact) mass is 412 g/mol. The number of ether oxygens (including phenoxy) is 1. The number of hydrogen-bond donors (Lipinski definition) is 0. The molecule has 132 valence electrons. The third-order valence-corrected chi connectivity index (χ3v) is 4.57. The maximum atomic E-state index is 13.3. The van der Waals surface area contributed by atoms with Crippen molar-refractivity contribution in [2.75, 3.05) is 4.90 Å². The molecule has 0 spiro atoms. The van der Waals surface area contributed by atoms with Gasteiger partial charge in [-0.25, -0.2) is 9.69 Å². The molecular weight excluding hydrogens is 396 g/mol. The number of amides is 2. The smallest absolute Gasteiger partial charge is 0.421 e. The molecule has 0 aliphatic carbocycles. The van der Waals surface area contributed by atoms with Gasteiger partial charge in [0.15, 0.2) is 5.41 Å². The first-order valence-corrected chi connectivity index (χ1v) is 8.84. The number of hydrogen-bond acceptors (Lipinski definition) is 4. The van der Waals surface area contributed by atoms with Crippen LogP contribution in [0.5, 0.6) is 0 Å². The summed E-state index contributed by atoms with van der Waals surface area (Å²) in [6.07, 6.45) is -0.792. The van der Waals surface area contributed by atoms with Gasteiger partial charge >= 0.3 is 6.09 Å². The minimum atomic E-state index is -1.60. The fraction of sp³-hybridized carbons (Fsp3) is 0.250. The van der Waals surface area contributed by atoms with E-state index < -0.39 is 23.0 Å². The summed E-state index contributed by atoms with van der Waals surface area (Å²) >= 11 is 3.39. The van der Waals surface area contributed by atoms with E-state index in [1.807, 2.05) is 6.07 Å². The molecule has 2 aromatic rings. The van der Waals surface area contributed by atoms with E-state index >= 15 is 0 Å². The van der Waals surface area contributed by atoms with Gasteiger partial charge in [0.05, 0.1) is 11.8 Å².